The number of hydrogen-bond donors (Lipinski definition) is 0. The van der Waals surface area contributed by atoms with Crippen LogP contribution in [0.2, 0.25) is 0 Å². The average molecular weight is 607 g/mol. The van der Waals surface area contributed by atoms with E-state index in [-0.39, 0.29) is 0 Å². The van der Waals surface area contributed by atoms with E-state index in [1.54, 1.807) is 0 Å². The van der Waals surface area contributed by atoms with Crippen molar-refractivity contribution in [2.24, 2.45) is 0 Å². The molecule has 0 N–H and O–H groups in total. The fourth-order valence-corrected chi connectivity index (χ4v) is 8.03. The lowest BCUT2D eigenvalue weighted by molar-refractivity contribution is 1.67. The molecule has 10 aromatic rings. The number of benzene rings is 10. The first-order chi connectivity index (χ1) is 23.8. The molecular formula is C48H30. The van der Waals surface area contributed by atoms with Gasteiger partial charge in [0.05, 0.1) is 0 Å². The SMILES string of the molecule is c1ccc2c(-c3c4ccccc4c(-c4ccc5cc(-c6cccc7c6ccc6ccccc67)ccc5c4)c4ccccc34)cccc2c1. The second kappa shape index (κ2) is 10.7. The van der Waals surface area contributed by atoms with Crippen LogP contribution < -0.4 is 0 Å². The highest BCUT2D eigenvalue weighted by atomic mass is 14.2. The van der Waals surface area contributed by atoms with E-state index >= 15 is 0 Å². The van der Waals surface area contributed by atoms with E-state index in [2.05, 4.69) is 182 Å². The Morgan fingerprint density at radius 3 is 1.38 bits per heavy atom. The maximum Gasteiger partial charge on any atom is -0.00201 e. The average Bonchev–Trinajstić information content (AvgIpc) is 3.16. The van der Waals surface area contributed by atoms with Crippen molar-refractivity contribution in [1.29, 1.82) is 0 Å². The smallest absolute Gasteiger partial charge is 0.00201 e. The lowest BCUT2D eigenvalue weighted by atomic mass is 9.84. The normalized spacial score (nSPS) is 11.8. The van der Waals surface area contributed by atoms with Gasteiger partial charge in [0.15, 0.2) is 0 Å². The van der Waals surface area contributed by atoms with Gasteiger partial charge in [0.1, 0.15) is 0 Å². The summed E-state index contributed by atoms with van der Waals surface area (Å²) < 4.78 is 0. The summed E-state index contributed by atoms with van der Waals surface area (Å²) in [4.78, 5) is 0. The summed E-state index contributed by atoms with van der Waals surface area (Å²) in [6.45, 7) is 0. The Balaban J connectivity index is 1.17. The molecule has 0 fully saturated rings. The quantitative estimate of drug-likeness (QED) is 0.139. The minimum atomic E-state index is 1.24. The molecule has 0 amide bonds. The molecular weight excluding hydrogens is 577 g/mol. The van der Waals surface area contributed by atoms with Gasteiger partial charge < -0.3 is 0 Å². The fraction of sp³-hybridized carbons (Fsp3) is 0. The van der Waals surface area contributed by atoms with E-state index in [4.69, 9.17) is 0 Å². The second-order valence-electron chi connectivity index (χ2n) is 12.8. The van der Waals surface area contributed by atoms with E-state index in [0.717, 1.165) is 0 Å². The summed E-state index contributed by atoms with van der Waals surface area (Å²) in [5.74, 6) is 0. The topological polar surface area (TPSA) is 0 Å². The van der Waals surface area contributed by atoms with Gasteiger partial charge in [-0.25, -0.2) is 0 Å². The first kappa shape index (κ1) is 26.9. The zero-order valence-electron chi connectivity index (χ0n) is 26.3. The molecule has 0 aliphatic carbocycles. The lowest BCUT2D eigenvalue weighted by Gasteiger charge is -2.19. The predicted molar refractivity (Wildman–Crippen MR) is 208 cm³/mol. The molecule has 0 aromatic heterocycles. The van der Waals surface area contributed by atoms with E-state index < -0.39 is 0 Å². The van der Waals surface area contributed by atoms with Crippen molar-refractivity contribution in [2.45, 2.75) is 0 Å². The van der Waals surface area contributed by atoms with Crippen LogP contribution in [0.3, 0.4) is 0 Å². The first-order valence-electron chi connectivity index (χ1n) is 16.7. The molecule has 0 unspecified atom stereocenters. The van der Waals surface area contributed by atoms with Gasteiger partial charge >= 0.3 is 0 Å². The third kappa shape index (κ3) is 4.10. The van der Waals surface area contributed by atoms with Gasteiger partial charge in [-0.2, -0.15) is 0 Å². The molecule has 48 heavy (non-hydrogen) atoms. The van der Waals surface area contributed by atoms with Gasteiger partial charge in [-0.05, 0) is 110 Å². The Labute approximate surface area is 279 Å². The third-order valence-corrected chi connectivity index (χ3v) is 10.2. The third-order valence-electron chi connectivity index (χ3n) is 10.2. The predicted octanol–water partition coefficient (Wildman–Crippen LogP) is 13.6. The molecule has 10 aromatic carbocycles. The van der Waals surface area contributed by atoms with Crippen LogP contribution in [0.5, 0.6) is 0 Å². The molecule has 0 heteroatoms. The van der Waals surface area contributed by atoms with Crippen LogP contribution in [0, 0.1) is 0 Å². The molecule has 222 valence electrons. The van der Waals surface area contributed by atoms with E-state index in [0.29, 0.717) is 0 Å². The molecule has 0 spiro atoms. The Hall–Kier alpha value is -6.24. The minimum absolute atomic E-state index is 1.24. The van der Waals surface area contributed by atoms with Crippen LogP contribution in [0.25, 0.3) is 98.0 Å². The molecule has 0 saturated heterocycles. The highest BCUT2D eigenvalue weighted by molar-refractivity contribution is 6.24. The maximum atomic E-state index is 2.38. The van der Waals surface area contributed by atoms with Crippen molar-refractivity contribution in [2.75, 3.05) is 0 Å². The molecule has 10 rings (SSSR count). The van der Waals surface area contributed by atoms with Gasteiger partial charge in [0.25, 0.3) is 0 Å². The summed E-state index contributed by atoms with van der Waals surface area (Å²) in [5, 5.41) is 15.3. The zero-order valence-corrected chi connectivity index (χ0v) is 26.3. The zero-order chi connectivity index (χ0) is 31.6. The Bertz CT molecular complexity index is 2830. The molecule has 0 saturated carbocycles. The van der Waals surface area contributed by atoms with Crippen molar-refractivity contribution in [1.82, 2.24) is 0 Å². The van der Waals surface area contributed by atoms with Crippen molar-refractivity contribution < 1.29 is 0 Å². The number of fused-ring (bicyclic) bond motifs is 7. The molecule has 0 heterocycles. The van der Waals surface area contributed by atoms with Gasteiger partial charge in [-0.15, -0.1) is 0 Å². The largest absolute Gasteiger partial charge is 0.0616 e. The highest BCUT2D eigenvalue weighted by Gasteiger charge is 2.18. The van der Waals surface area contributed by atoms with Crippen LogP contribution in [-0.4, -0.2) is 0 Å². The molecule has 0 radical (unpaired) electrons. The molecule has 0 atom stereocenters. The number of rotatable bonds is 3. The minimum Gasteiger partial charge on any atom is -0.0616 e. The van der Waals surface area contributed by atoms with Crippen LogP contribution in [0.4, 0.5) is 0 Å². The molecule has 0 aliphatic rings. The summed E-state index contributed by atoms with van der Waals surface area (Å²) in [5.41, 5.74) is 7.62. The van der Waals surface area contributed by atoms with Crippen molar-refractivity contribution in [3.63, 3.8) is 0 Å². The van der Waals surface area contributed by atoms with E-state index in [1.165, 1.54) is 98.0 Å². The highest BCUT2D eigenvalue weighted by Crippen LogP contribution is 2.46. The summed E-state index contributed by atoms with van der Waals surface area (Å²) in [7, 11) is 0. The number of hydrogen-bond acceptors (Lipinski definition) is 0. The van der Waals surface area contributed by atoms with Gasteiger partial charge in [0.2, 0.25) is 0 Å². The summed E-state index contributed by atoms with van der Waals surface area (Å²) >= 11 is 0. The molecule has 0 aliphatic heterocycles. The van der Waals surface area contributed by atoms with Gasteiger partial charge in [-0.3, -0.25) is 0 Å². The first-order valence-corrected chi connectivity index (χ1v) is 16.7. The van der Waals surface area contributed by atoms with Gasteiger partial charge in [0, 0.05) is 0 Å². The van der Waals surface area contributed by atoms with Crippen molar-refractivity contribution >= 4 is 64.6 Å². The monoisotopic (exact) mass is 606 g/mol. The molecule has 0 bridgehead atoms. The van der Waals surface area contributed by atoms with E-state index in [9.17, 15) is 0 Å². The van der Waals surface area contributed by atoms with Crippen LogP contribution in [0.1, 0.15) is 0 Å². The summed E-state index contributed by atoms with van der Waals surface area (Å²) in [6, 6.07) is 67.1. The van der Waals surface area contributed by atoms with Crippen molar-refractivity contribution in [3.8, 4) is 33.4 Å². The maximum absolute atomic E-state index is 2.38. The van der Waals surface area contributed by atoms with Gasteiger partial charge in [-0.1, -0.05) is 170 Å². The summed E-state index contributed by atoms with van der Waals surface area (Å²) in [6.07, 6.45) is 0. The van der Waals surface area contributed by atoms with Crippen molar-refractivity contribution in [3.05, 3.63) is 182 Å². The Kier molecular flexibility index (Phi) is 5.98. The molecule has 0 nitrogen and oxygen atoms in total. The second-order valence-corrected chi connectivity index (χ2v) is 12.8. The van der Waals surface area contributed by atoms with Crippen LogP contribution >= 0.6 is 0 Å². The standard InChI is InChI=1S/C48H30/c1-4-15-38-31(11-1)13-9-22-42(38)48-45-18-7-5-16-43(45)47(44-17-6-8-19-46(44)48)36-26-24-33-29-35(25-23-34(33)30-36)39-20-10-21-40-37-14-3-2-12-32(37)27-28-41(39)40/h1-30H. The lowest BCUT2D eigenvalue weighted by Crippen LogP contribution is -1.91. The Morgan fingerprint density at radius 1 is 0.208 bits per heavy atom. The Morgan fingerprint density at radius 2 is 0.667 bits per heavy atom. The fourth-order valence-electron chi connectivity index (χ4n) is 8.03. The van der Waals surface area contributed by atoms with E-state index in [1.807, 2.05) is 0 Å². The van der Waals surface area contributed by atoms with Crippen LogP contribution in [0.15, 0.2) is 182 Å². The van der Waals surface area contributed by atoms with Crippen LogP contribution in [-0.2, 0) is 0 Å².